The van der Waals surface area contributed by atoms with Gasteiger partial charge in [-0.1, -0.05) is 12.2 Å². The summed E-state index contributed by atoms with van der Waals surface area (Å²) in [6.07, 6.45) is 6.02. The number of nitrogens with zero attached hydrogens (tertiary/aromatic N) is 1. The first-order valence-corrected chi connectivity index (χ1v) is 3.27. The van der Waals surface area contributed by atoms with Crippen molar-refractivity contribution in [2.24, 2.45) is 11.8 Å². The first-order chi connectivity index (χ1) is 3.95. The summed E-state index contributed by atoms with van der Waals surface area (Å²) in [5.41, 5.74) is 0. The van der Waals surface area contributed by atoms with Crippen LogP contribution in [0.2, 0.25) is 0 Å². The Labute approximate surface area is 49.8 Å². The van der Waals surface area contributed by atoms with Crippen molar-refractivity contribution in [3.8, 4) is 0 Å². The van der Waals surface area contributed by atoms with E-state index in [2.05, 4.69) is 17.5 Å². The van der Waals surface area contributed by atoms with Gasteiger partial charge >= 0.3 is 0 Å². The Morgan fingerprint density at radius 2 is 1.75 bits per heavy atom. The lowest BCUT2D eigenvalue weighted by Crippen LogP contribution is -2.25. The van der Waals surface area contributed by atoms with E-state index in [1.165, 1.54) is 6.42 Å². The lowest BCUT2D eigenvalue weighted by atomic mass is 10.00. The molecule has 2 rings (SSSR count). The third kappa shape index (κ3) is 0.583. The number of fused-ring (bicyclic) bond motifs is 2. The molecule has 0 spiro atoms. The molecule has 0 aromatic carbocycles. The van der Waals surface area contributed by atoms with E-state index in [1.807, 2.05) is 0 Å². The minimum Gasteiger partial charge on any atom is -0.241 e. The smallest absolute Gasteiger partial charge is 0.0196 e. The Morgan fingerprint density at radius 3 is 2.25 bits per heavy atom. The quantitative estimate of drug-likeness (QED) is 0.407. The predicted octanol–water partition coefficient (Wildman–Crippen LogP) is 0.797. The molecule has 0 amide bonds. The van der Waals surface area contributed by atoms with Gasteiger partial charge in [-0.25, -0.2) is 5.32 Å². The Hall–Kier alpha value is -0.300. The van der Waals surface area contributed by atoms with Gasteiger partial charge in [0.05, 0.1) is 0 Å². The van der Waals surface area contributed by atoms with Gasteiger partial charge in [-0.05, 0) is 18.3 Å². The van der Waals surface area contributed by atoms with Crippen LogP contribution in [0.25, 0.3) is 0 Å². The molecule has 2 unspecified atom stereocenters. The van der Waals surface area contributed by atoms with Crippen LogP contribution in [-0.2, 0) is 0 Å². The van der Waals surface area contributed by atoms with Crippen LogP contribution < -0.4 is 5.32 Å². The van der Waals surface area contributed by atoms with Gasteiger partial charge in [-0.15, -0.1) is 0 Å². The van der Waals surface area contributed by atoms with Crippen molar-refractivity contribution in [1.82, 2.24) is 5.32 Å². The maximum atomic E-state index is 4.34. The second-order valence-corrected chi connectivity index (χ2v) is 2.73. The van der Waals surface area contributed by atoms with Crippen molar-refractivity contribution < 1.29 is 0 Å². The molecule has 1 radical (unpaired) electrons. The molecule has 1 nitrogen and oxygen atoms in total. The summed E-state index contributed by atoms with van der Waals surface area (Å²) >= 11 is 0. The molecule has 2 bridgehead atoms. The van der Waals surface area contributed by atoms with E-state index in [9.17, 15) is 0 Å². The van der Waals surface area contributed by atoms with Crippen molar-refractivity contribution in [3.63, 3.8) is 0 Å². The molecular formula is C7H10N. The van der Waals surface area contributed by atoms with Crippen LogP contribution in [0.15, 0.2) is 12.2 Å². The third-order valence-electron chi connectivity index (χ3n) is 1.99. The zero-order chi connectivity index (χ0) is 5.40. The number of hydrogen-bond acceptors (Lipinski definition) is 0. The summed E-state index contributed by atoms with van der Waals surface area (Å²) in [5, 5.41) is 4.34. The van der Waals surface area contributed by atoms with E-state index in [4.69, 9.17) is 0 Å². The molecule has 1 aliphatic heterocycles. The highest BCUT2D eigenvalue weighted by Gasteiger charge is 2.23. The van der Waals surface area contributed by atoms with Gasteiger partial charge in [0, 0.05) is 13.1 Å². The summed E-state index contributed by atoms with van der Waals surface area (Å²) in [5.74, 6) is 1.63. The van der Waals surface area contributed by atoms with Crippen molar-refractivity contribution >= 4 is 0 Å². The number of hydrogen-bond donors (Lipinski definition) is 0. The maximum Gasteiger partial charge on any atom is 0.0196 e. The van der Waals surface area contributed by atoms with E-state index in [-0.39, 0.29) is 0 Å². The summed E-state index contributed by atoms with van der Waals surface area (Å²) in [6.45, 7) is 2.18. The Balaban J connectivity index is 2.13. The van der Waals surface area contributed by atoms with Crippen LogP contribution in [0.5, 0.6) is 0 Å². The molecule has 2 atom stereocenters. The Bertz CT molecular complexity index is 106. The fraction of sp³-hybridized carbons (Fsp3) is 0.714. The molecular weight excluding hydrogens is 98.1 g/mol. The second kappa shape index (κ2) is 1.59. The molecule has 1 heteroatoms. The lowest BCUT2D eigenvalue weighted by Gasteiger charge is -2.17. The summed E-state index contributed by atoms with van der Waals surface area (Å²) in [7, 11) is 0. The first-order valence-electron chi connectivity index (χ1n) is 3.27. The molecule has 8 heavy (non-hydrogen) atoms. The van der Waals surface area contributed by atoms with Crippen LogP contribution in [-0.4, -0.2) is 13.1 Å². The van der Waals surface area contributed by atoms with Crippen LogP contribution in [0, 0.1) is 11.8 Å². The average Bonchev–Trinajstić information content (AvgIpc) is 2.12. The van der Waals surface area contributed by atoms with E-state index in [1.54, 1.807) is 0 Å². The Kier molecular flexibility index (Phi) is 0.908. The fourth-order valence-electron chi connectivity index (χ4n) is 1.54. The Morgan fingerprint density at radius 1 is 1.12 bits per heavy atom. The minimum atomic E-state index is 0.814. The molecule has 0 aromatic heterocycles. The summed E-state index contributed by atoms with van der Waals surface area (Å²) < 4.78 is 0. The molecule has 0 saturated carbocycles. The highest BCUT2D eigenvalue weighted by molar-refractivity contribution is 5.05. The first kappa shape index (κ1) is 4.57. The monoisotopic (exact) mass is 108 g/mol. The van der Waals surface area contributed by atoms with Crippen LogP contribution in [0.3, 0.4) is 0 Å². The van der Waals surface area contributed by atoms with Gasteiger partial charge in [0.25, 0.3) is 0 Å². The minimum absolute atomic E-state index is 0.814. The molecule has 1 heterocycles. The van der Waals surface area contributed by atoms with E-state index < -0.39 is 0 Å². The average molecular weight is 108 g/mol. The van der Waals surface area contributed by atoms with Crippen molar-refractivity contribution in [3.05, 3.63) is 12.2 Å². The van der Waals surface area contributed by atoms with E-state index in [0.29, 0.717) is 0 Å². The van der Waals surface area contributed by atoms with Gasteiger partial charge in [0.15, 0.2) is 0 Å². The predicted molar refractivity (Wildman–Crippen MR) is 32.6 cm³/mol. The summed E-state index contributed by atoms with van der Waals surface area (Å²) in [4.78, 5) is 0. The van der Waals surface area contributed by atoms with Crippen molar-refractivity contribution in [1.29, 1.82) is 0 Å². The third-order valence-corrected chi connectivity index (χ3v) is 1.99. The highest BCUT2D eigenvalue weighted by atomic mass is 14.9. The summed E-state index contributed by atoms with van der Waals surface area (Å²) in [6, 6.07) is 0. The molecule has 2 aliphatic rings. The van der Waals surface area contributed by atoms with Crippen LogP contribution in [0.1, 0.15) is 6.42 Å². The molecule has 1 saturated heterocycles. The zero-order valence-corrected chi connectivity index (χ0v) is 4.88. The van der Waals surface area contributed by atoms with E-state index >= 15 is 0 Å². The molecule has 1 fully saturated rings. The second-order valence-electron chi connectivity index (χ2n) is 2.73. The van der Waals surface area contributed by atoms with Crippen molar-refractivity contribution in [2.75, 3.05) is 13.1 Å². The van der Waals surface area contributed by atoms with Gasteiger partial charge < -0.3 is 0 Å². The SMILES string of the molecule is C1=CC2C[N]CC1C2. The standard InChI is InChI=1S/C7H10N/c1-2-7-3-6(1)4-8-5-7/h1-2,6-7H,3-5H2. The van der Waals surface area contributed by atoms with Gasteiger partial charge in [-0.3, -0.25) is 0 Å². The maximum absolute atomic E-state index is 4.34. The fourth-order valence-corrected chi connectivity index (χ4v) is 1.54. The molecule has 0 N–H and O–H groups in total. The van der Waals surface area contributed by atoms with Gasteiger partial charge in [0.2, 0.25) is 0 Å². The molecule has 0 aromatic rings. The normalized spacial score (nSPS) is 43.0. The van der Waals surface area contributed by atoms with Crippen LogP contribution >= 0.6 is 0 Å². The van der Waals surface area contributed by atoms with Crippen molar-refractivity contribution in [2.45, 2.75) is 6.42 Å². The largest absolute Gasteiger partial charge is 0.241 e. The van der Waals surface area contributed by atoms with Gasteiger partial charge in [0.1, 0.15) is 0 Å². The zero-order valence-electron chi connectivity index (χ0n) is 4.88. The molecule has 43 valence electrons. The van der Waals surface area contributed by atoms with Gasteiger partial charge in [-0.2, -0.15) is 0 Å². The lowest BCUT2D eigenvalue weighted by molar-refractivity contribution is 0.396. The number of piperidine rings is 1. The van der Waals surface area contributed by atoms with Crippen LogP contribution in [0.4, 0.5) is 0 Å². The number of rotatable bonds is 0. The highest BCUT2D eigenvalue weighted by Crippen LogP contribution is 2.25. The van der Waals surface area contributed by atoms with E-state index in [0.717, 1.165) is 24.9 Å². The topological polar surface area (TPSA) is 14.1 Å². The molecule has 1 aliphatic carbocycles.